The molecule has 1 aliphatic rings. The summed E-state index contributed by atoms with van der Waals surface area (Å²) >= 11 is 5.88. The zero-order valence-electron chi connectivity index (χ0n) is 8.42. The standard InChI is InChI=1S/C11H12ClNO2/c1-7(14)15-11-5-8-2-3-10(12)4-9(8)6-13-11/h2-4,11,13H,5-6H2,1H3. The van der Waals surface area contributed by atoms with Crippen molar-refractivity contribution in [2.75, 3.05) is 0 Å². The van der Waals surface area contributed by atoms with E-state index in [1.54, 1.807) is 0 Å². The second-order valence-electron chi connectivity index (χ2n) is 3.60. The minimum Gasteiger partial charge on any atom is -0.446 e. The first kappa shape index (κ1) is 10.5. The van der Waals surface area contributed by atoms with Crippen molar-refractivity contribution in [2.24, 2.45) is 0 Å². The summed E-state index contributed by atoms with van der Waals surface area (Å²) in [5.74, 6) is -0.259. The average Bonchev–Trinajstić information content (AvgIpc) is 2.17. The number of hydrogen-bond donors (Lipinski definition) is 1. The summed E-state index contributed by atoms with van der Waals surface area (Å²) in [5, 5.41) is 3.87. The van der Waals surface area contributed by atoms with Crippen molar-refractivity contribution < 1.29 is 9.53 Å². The van der Waals surface area contributed by atoms with Crippen molar-refractivity contribution in [3.8, 4) is 0 Å². The highest BCUT2D eigenvalue weighted by atomic mass is 35.5. The molecule has 4 heteroatoms. The van der Waals surface area contributed by atoms with Gasteiger partial charge in [0, 0.05) is 24.9 Å². The first-order chi connectivity index (χ1) is 7.15. The molecule has 1 heterocycles. The fourth-order valence-electron chi connectivity index (χ4n) is 1.74. The van der Waals surface area contributed by atoms with Gasteiger partial charge in [0.1, 0.15) is 0 Å². The minimum atomic E-state index is -0.259. The summed E-state index contributed by atoms with van der Waals surface area (Å²) in [6.07, 6.45) is 0.489. The minimum absolute atomic E-state index is 0.212. The van der Waals surface area contributed by atoms with Gasteiger partial charge in [0.25, 0.3) is 0 Å². The van der Waals surface area contributed by atoms with E-state index in [1.807, 2.05) is 18.2 Å². The lowest BCUT2D eigenvalue weighted by atomic mass is 10.0. The SMILES string of the molecule is CC(=O)OC1Cc2ccc(Cl)cc2CN1. The molecular formula is C11H12ClNO2. The van der Waals surface area contributed by atoms with Crippen LogP contribution in [0, 0.1) is 0 Å². The third-order valence-electron chi connectivity index (χ3n) is 2.40. The van der Waals surface area contributed by atoms with Gasteiger partial charge in [-0.3, -0.25) is 10.1 Å². The molecule has 80 valence electrons. The number of esters is 1. The van der Waals surface area contributed by atoms with E-state index in [2.05, 4.69) is 5.32 Å². The number of nitrogens with one attached hydrogen (secondary N) is 1. The molecule has 0 aromatic heterocycles. The molecule has 1 unspecified atom stereocenters. The number of halogens is 1. The highest BCUT2D eigenvalue weighted by Gasteiger charge is 2.19. The molecule has 2 rings (SSSR count). The number of hydrogen-bond acceptors (Lipinski definition) is 3. The Labute approximate surface area is 93.4 Å². The van der Waals surface area contributed by atoms with Crippen LogP contribution in [-0.4, -0.2) is 12.2 Å². The molecule has 1 aliphatic heterocycles. The Morgan fingerprint density at radius 1 is 1.53 bits per heavy atom. The van der Waals surface area contributed by atoms with Crippen LogP contribution in [0.5, 0.6) is 0 Å². The van der Waals surface area contributed by atoms with Crippen LogP contribution in [0.3, 0.4) is 0 Å². The van der Waals surface area contributed by atoms with Crippen molar-refractivity contribution in [1.82, 2.24) is 5.32 Å². The molecule has 1 atom stereocenters. The van der Waals surface area contributed by atoms with Gasteiger partial charge in [0.15, 0.2) is 6.23 Å². The summed E-state index contributed by atoms with van der Waals surface area (Å²) in [6, 6.07) is 5.78. The molecule has 0 fully saturated rings. The Kier molecular flexibility index (Phi) is 2.93. The highest BCUT2D eigenvalue weighted by Crippen LogP contribution is 2.21. The number of ether oxygens (including phenoxy) is 1. The predicted octanol–water partition coefficient (Wildman–Crippen LogP) is 1.87. The zero-order valence-corrected chi connectivity index (χ0v) is 9.17. The first-order valence-corrected chi connectivity index (χ1v) is 5.21. The molecule has 0 aliphatic carbocycles. The highest BCUT2D eigenvalue weighted by molar-refractivity contribution is 6.30. The van der Waals surface area contributed by atoms with Crippen LogP contribution >= 0.6 is 11.6 Å². The fraction of sp³-hybridized carbons (Fsp3) is 0.364. The van der Waals surface area contributed by atoms with E-state index in [-0.39, 0.29) is 12.2 Å². The Bertz CT molecular complexity index is 392. The molecule has 1 aromatic carbocycles. The Morgan fingerprint density at radius 3 is 3.07 bits per heavy atom. The summed E-state index contributed by atoms with van der Waals surface area (Å²) < 4.78 is 5.10. The smallest absolute Gasteiger partial charge is 0.304 e. The van der Waals surface area contributed by atoms with Gasteiger partial charge >= 0.3 is 5.97 Å². The van der Waals surface area contributed by atoms with Crippen molar-refractivity contribution in [3.63, 3.8) is 0 Å². The molecule has 0 radical (unpaired) electrons. The summed E-state index contributed by atoms with van der Waals surface area (Å²) in [6.45, 7) is 2.10. The summed E-state index contributed by atoms with van der Waals surface area (Å²) in [4.78, 5) is 10.8. The second-order valence-corrected chi connectivity index (χ2v) is 4.03. The van der Waals surface area contributed by atoms with Gasteiger partial charge in [0.2, 0.25) is 0 Å². The number of carbonyl (C=O) groups is 1. The van der Waals surface area contributed by atoms with Gasteiger partial charge in [0.05, 0.1) is 0 Å². The predicted molar refractivity (Wildman–Crippen MR) is 57.5 cm³/mol. The van der Waals surface area contributed by atoms with E-state index in [0.29, 0.717) is 13.0 Å². The van der Waals surface area contributed by atoms with E-state index in [4.69, 9.17) is 16.3 Å². The Balaban J connectivity index is 2.13. The Hall–Kier alpha value is -1.06. The summed E-state index contributed by atoms with van der Waals surface area (Å²) in [5.41, 5.74) is 2.36. The molecule has 1 N–H and O–H groups in total. The van der Waals surface area contributed by atoms with Crippen LogP contribution in [0.4, 0.5) is 0 Å². The third-order valence-corrected chi connectivity index (χ3v) is 2.64. The van der Waals surface area contributed by atoms with Gasteiger partial charge in [-0.1, -0.05) is 17.7 Å². The molecule has 3 nitrogen and oxygen atoms in total. The maximum atomic E-state index is 10.8. The van der Waals surface area contributed by atoms with Gasteiger partial charge < -0.3 is 4.74 Å². The lowest BCUT2D eigenvalue weighted by Gasteiger charge is -2.25. The molecule has 0 amide bonds. The van der Waals surface area contributed by atoms with E-state index < -0.39 is 0 Å². The number of carbonyl (C=O) groups excluding carboxylic acids is 1. The van der Waals surface area contributed by atoms with Crippen LogP contribution in [0.15, 0.2) is 18.2 Å². The van der Waals surface area contributed by atoms with Gasteiger partial charge in [-0.05, 0) is 23.3 Å². The van der Waals surface area contributed by atoms with Crippen LogP contribution in [0.25, 0.3) is 0 Å². The van der Waals surface area contributed by atoms with Crippen LogP contribution in [-0.2, 0) is 22.5 Å². The average molecular weight is 226 g/mol. The largest absolute Gasteiger partial charge is 0.446 e. The van der Waals surface area contributed by atoms with Gasteiger partial charge in [-0.15, -0.1) is 0 Å². The maximum Gasteiger partial charge on any atom is 0.304 e. The molecule has 15 heavy (non-hydrogen) atoms. The molecule has 0 saturated heterocycles. The lowest BCUT2D eigenvalue weighted by Crippen LogP contribution is -2.38. The monoisotopic (exact) mass is 225 g/mol. The quantitative estimate of drug-likeness (QED) is 0.742. The maximum absolute atomic E-state index is 10.8. The first-order valence-electron chi connectivity index (χ1n) is 4.83. The van der Waals surface area contributed by atoms with E-state index >= 15 is 0 Å². The van der Waals surface area contributed by atoms with E-state index in [1.165, 1.54) is 18.1 Å². The molecule has 1 aromatic rings. The van der Waals surface area contributed by atoms with E-state index in [0.717, 1.165) is 5.02 Å². The van der Waals surface area contributed by atoms with Crippen molar-refractivity contribution in [1.29, 1.82) is 0 Å². The number of rotatable bonds is 1. The van der Waals surface area contributed by atoms with Crippen molar-refractivity contribution >= 4 is 17.6 Å². The Morgan fingerprint density at radius 2 is 2.33 bits per heavy atom. The molecular weight excluding hydrogens is 214 g/mol. The van der Waals surface area contributed by atoms with Gasteiger partial charge in [-0.2, -0.15) is 0 Å². The number of benzene rings is 1. The molecule has 0 saturated carbocycles. The lowest BCUT2D eigenvalue weighted by molar-refractivity contribution is -0.148. The summed E-state index contributed by atoms with van der Waals surface area (Å²) in [7, 11) is 0. The van der Waals surface area contributed by atoms with Crippen LogP contribution in [0.1, 0.15) is 18.1 Å². The molecule has 0 bridgehead atoms. The zero-order chi connectivity index (χ0) is 10.8. The number of fused-ring (bicyclic) bond motifs is 1. The third kappa shape index (κ3) is 2.49. The normalized spacial score (nSPS) is 19.5. The van der Waals surface area contributed by atoms with Crippen LogP contribution < -0.4 is 5.32 Å². The fourth-order valence-corrected chi connectivity index (χ4v) is 1.93. The van der Waals surface area contributed by atoms with E-state index in [9.17, 15) is 4.79 Å². The van der Waals surface area contributed by atoms with Gasteiger partial charge in [-0.25, -0.2) is 0 Å². The van der Waals surface area contributed by atoms with Crippen LogP contribution in [0.2, 0.25) is 5.02 Å². The van der Waals surface area contributed by atoms with Crippen molar-refractivity contribution in [2.45, 2.75) is 26.1 Å². The molecule has 0 spiro atoms. The van der Waals surface area contributed by atoms with Crippen molar-refractivity contribution in [3.05, 3.63) is 34.3 Å². The second kappa shape index (κ2) is 4.21. The topological polar surface area (TPSA) is 38.3 Å².